The van der Waals surface area contributed by atoms with E-state index in [1.54, 1.807) is 11.8 Å². The Morgan fingerprint density at radius 2 is 2.06 bits per heavy atom. The predicted octanol–water partition coefficient (Wildman–Crippen LogP) is 4.38. The second-order valence-corrected chi connectivity index (χ2v) is 6.35. The molecule has 3 N–H and O–H groups in total. The molecular weight excluding hydrogens is 330 g/mol. The van der Waals surface area contributed by atoms with E-state index in [0.717, 1.165) is 14.4 Å². The average Bonchev–Trinajstić information content (AvgIpc) is 2.70. The number of halogens is 1. The van der Waals surface area contributed by atoms with E-state index < -0.39 is 0 Å². The number of anilines is 2. The molecule has 0 amide bonds. The maximum Gasteiger partial charge on any atom is 0.153 e. The summed E-state index contributed by atoms with van der Waals surface area (Å²) in [5.74, 6) is 0.609. The van der Waals surface area contributed by atoms with Crippen LogP contribution >= 0.6 is 39.2 Å². The number of hydrogen-bond donors (Lipinski definition) is 2. The van der Waals surface area contributed by atoms with Gasteiger partial charge < -0.3 is 11.1 Å². The number of nitrogen functional groups attached to an aromatic ring is 1. The smallest absolute Gasteiger partial charge is 0.153 e. The van der Waals surface area contributed by atoms with E-state index in [4.69, 9.17) is 5.73 Å². The number of nitrogens with zero attached hydrogens (tertiary/aromatic N) is 1. The maximum absolute atomic E-state index is 5.82. The molecule has 0 bridgehead atoms. The van der Waals surface area contributed by atoms with Crippen molar-refractivity contribution in [2.75, 3.05) is 17.3 Å². The van der Waals surface area contributed by atoms with Crippen LogP contribution in [0.5, 0.6) is 0 Å². The summed E-state index contributed by atoms with van der Waals surface area (Å²) < 4.78 is 5.27. The zero-order valence-electron chi connectivity index (χ0n) is 10.1. The van der Waals surface area contributed by atoms with Gasteiger partial charge in [-0.25, -0.2) is 0 Å². The van der Waals surface area contributed by atoms with Crippen LogP contribution in [0.2, 0.25) is 0 Å². The lowest BCUT2D eigenvalue weighted by Gasteiger charge is -2.15. The molecule has 2 aromatic rings. The third-order valence-corrected chi connectivity index (χ3v) is 4.87. The Morgan fingerprint density at radius 1 is 1.39 bits per heavy atom. The minimum atomic E-state index is 0.226. The molecule has 0 radical (unpaired) electrons. The summed E-state index contributed by atoms with van der Waals surface area (Å²) in [6, 6.07) is 8.52. The fourth-order valence-electron chi connectivity index (χ4n) is 1.61. The number of rotatable bonds is 4. The lowest BCUT2D eigenvalue weighted by molar-refractivity contribution is 0.885. The van der Waals surface area contributed by atoms with E-state index in [0.29, 0.717) is 5.82 Å². The highest BCUT2D eigenvalue weighted by atomic mass is 79.9. The first-order valence-electron chi connectivity index (χ1n) is 5.43. The topological polar surface area (TPSA) is 50.9 Å². The Labute approximate surface area is 123 Å². The van der Waals surface area contributed by atoms with Crippen LogP contribution < -0.4 is 11.1 Å². The van der Waals surface area contributed by atoms with Crippen LogP contribution in [0.4, 0.5) is 10.8 Å². The number of hydrogen-bond acceptors (Lipinski definition) is 5. The van der Waals surface area contributed by atoms with E-state index in [-0.39, 0.29) is 6.04 Å². The number of benzene rings is 1. The van der Waals surface area contributed by atoms with Gasteiger partial charge in [-0.15, -0.1) is 11.8 Å². The van der Waals surface area contributed by atoms with E-state index >= 15 is 0 Å². The second kappa shape index (κ2) is 5.95. The van der Waals surface area contributed by atoms with E-state index in [9.17, 15) is 0 Å². The summed E-state index contributed by atoms with van der Waals surface area (Å²) in [6.45, 7) is 2.13. The van der Waals surface area contributed by atoms with E-state index in [2.05, 4.69) is 44.7 Å². The third kappa shape index (κ3) is 2.99. The number of aromatic nitrogens is 1. The Morgan fingerprint density at radius 3 is 2.67 bits per heavy atom. The van der Waals surface area contributed by atoms with Crippen molar-refractivity contribution in [1.82, 2.24) is 4.37 Å². The van der Waals surface area contributed by atoms with Gasteiger partial charge in [0.2, 0.25) is 0 Å². The highest BCUT2D eigenvalue weighted by Crippen LogP contribution is 2.36. The molecule has 1 heterocycles. The van der Waals surface area contributed by atoms with Gasteiger partial charge in [0.15, 0.2) is 5.82 Å². The number of thioether (sulfide) groups is 1. The molecule has 1 atom stereocenters. The van der Waals surface area contributed by atoms with Crippen molar-refractivity contribution >= 4 is 50.0 Å². The largest absolute Gasteiger partial charge is 0.382 e. The Bertz CT molecular complexity index is 525. The van der Waals surface area contributed by atoms with Crippen LogP contribution in [0, 0.1) is 0 Å². The van der Waals surface area contributed by atoms with E-state index in [1.807, 2.05) is 18.4 Å². The molecule has 96 valence electrons. The van der Waals surface area contributed by atoms with Crippen LogP contribution in [0.3, 0.4) is 0 Å². The second-order valence-electron chi connectivity index (χ2n) is 3.85. The highest BCUT2D eigenvalue weighted by molar-refractivity contribution is 9.10. The quantitative estimate of drug-likeness (QED) is 0.808. The van der Waals surface area contributed by atoms with Gasteiger partial charge in [0.05, 0.1) is 4.90 Å². The SMILES string of the molecule is CSc1c(N)nsc1NC(C)c1ccc(Br)cc1. The van der Waals surface area contributed by atoms with Crippen molar-refractivity contribution in [2.24, 2.45) is 0 Å². The summed E-state index contributed by atoms with van der Waals surface area (Å²) in [4.78, 5) is 1.03. The minimum absolute atomic E-state index is 0.226. The summed E-state index contributed by atoms with van der Waals surface area (Å²) in [5.41, 5.74) is 7.05. The first-order valence-corrected chi connectivity index (χ1v) is 8.22. The van der Waals surface area contributed by atoms with Crippen molar-refractivity contribution in [1.29, 1.82) is 0 Å². The first-order chi connectivity index (χ1) is 8.61. The van der Waals surface area contributed by atoms with Gasteiger partial charge in [-0.1, -0.05) is 28.1 Å². The molecule has 1 unspecified atom stereocenters. The first kappa shape index (κ1) is 13.7. The molecular formula is C12H14BrN3S2. The molecule has 6 heteroatoms. The zero-order valence-corrected chi connectivity index (χ0v) is 13.3. The van der Waals surface area contributed by atoms with Crippen LogP contribution in [0.15, 0.2) is 33.6 Å². The molecule has 0 fully saturated rings. The highest BCUT2D eigenvalue weighted by Gasteiger charge is 2.13. The number of nitrogens with one attached hydrogen (secondary N) is 1. The van der Waals surface area contributed by atoms with Crippen molar-refractivity contribution in [2.45, 2.75) is 17.9 Å². The summed E-state index contributed by atoms with van der Waals surface area (Å²) in [6.07, 6.45) is 2.01. The lowest BCUT2D eigenvalue weighted by atomic mass is 10.1. The third-order valence-electron chi connectivity index (χ3n) is 2.60. The zero-order chi connectivity index (χ0) is 13.1. The Kier molecular flexibility index (Phi) is 4.53. The molecule has 18 heavy (non-hydrogen) atoms. The molecule has 0 saturated carbocycles. The maximum atomic E-state index is 5.82. The van der Waals surface area contributed by atoms with Crippen molar-refractivity contribution < 1.29 is 0 Å². The predicted molar refractivity (Wildman–Crippen MR) is 84.5 cm³/mol. The molecule has 0 aliphatic heterocycles. The van der Waals surface area contributed by atoms with Crippen LogP contribution in [-0.4, -0.2) is 10.6 Å². The molecule has 0 spiro atoms. The standard InChI is InChI=1S/C12H14BrN3S2/c1-7(8-3-5-9(13)6-4-8)15-12-10(17-2)11(14)16-18-12/h3-7,15H,1-2H3,(H2,14,16). The molecule has 0 saturated heterocycles. The lowest BCUT2D eigenvalue weighted by Crippen LogP contribution is -2.05. The van der Waals surface area contributed by atoms with Gasteiger partial charge >= 0.3 is 0 Å². The van der Waals surface area contributed by atoms with Gasteiger partial charge in [-0.05, 0) is 42.4 Å². The molecule has 1 aromatic heterocycles. The van der Waals surface area contributed by atoms with E-state index in [1.165, 1.54) is 17.1 Å². The van der Waals surface area contributed by atoms with Crippen LogP contribution in [-0.2, 0) is 0 Å². The van der Waals surface area contributed by atoms with Gasteiger partial charge in [0.25, 0.3) is 0 Å². The molecule has 0 aliphatic carbocycles. The fraction of sp³-hybridized carbons (Fsp3) is 0.250. The van der Waals surface area contributed by atoms with Crippen molar-refractivity contribution in [3.63, 3.8) is 0 Å². The fourth-order valence-corrected chi connectivity index (χ4v) is 3.50. The molecule has 3 nitrogen and oxygen atoms in total. The van der Waals surface area contributed by atoms with Gasteiger partial charge in [-0.3, -0.25) is 0 Å². The van der Waals surface area contributed by atoms with Crippen LogP contribution in [0.1, 0.15) is 18.5 Å². The minimum Gasteiger partial charge on any atom is -0.382 e. The molecule has 0 aliphatic rings. The number of nitrogens with two attached hydrogens (primary N) is 1. The van der Waals surface area contributed by atoms with Gasteiger partial charge in [0, 0.05) is 10.5 Å². The normalized spacial score (nSPS) is 12.4. The summed E-state index contributed by atoms with van der Waals surface area (Å²) in [7, 11) is 0. The Hall–Kier alpha value is -0.720. The van der Waals surface area contributed by atoms with Crippen molar-refractivity contribution in [3.8, 4) is 0 Å². The Balaban J connectivity index is 2.15. The van der Waals surface area contributed by atoms with Crippen LogP contribution in [0.25, 0.3) is 0 Å². The van der Waals surface area contributed by atoms with Gasteiger partial charge in [-0.2, -0.15) is 4.37 Å². The molecule has 2 rings (SSSR count). The van der Waals surface area contributed by atoms with Crippen molar-refractivity contribution in [3.05, 3.63) is 34.3 Å². The molecule has 1 aromatic carbocycles. The summed E-state index contributed by atoms with van der Waals surface area (Å²) >= 11 is 6.47. The average molecular weight is 344 g/mol. The summed E-state index contributed by atoms with van der Waals surface area (Å²) in [5, 5.41) is 4.50. The van der Waals surface area contributed by atoms with Gasteiger partial charge in [0.1, 0.15) is 5.00 Å². The monoisotopic (exact) mass is 343 g/mol.